The highest BCUT2D eigenvalue weighted by Crippen LogP contribution is 2.29. The van der Waals surface area contributed by atoms with E-state index in [1.54, 1.807) is 12.1 Å². The molecule has 2 aromatic rings. The van der Waals surface area contributed by atoms with E-state index in [0.29, 0.717) is 11.8 Å². The molecule has 0 bridgehead atoms. The van der Waals surface area contributed by atoms with Crippen LogP contribution in [0.25, 0.3) is 0 Å². The number of anilines is 1. The highest BCUT2D eigenvalue weighted by atomic mass is 16.1. The summed E-state index contributed by atoms with van der Waals surface area (Å²) in [6.45, 7) is 5.98. The summed E-state index contributed by atoms with van der Waals surface area (Å²) < 4.78 is 0. The van der Waals surface area contributed by atoms with Crippen LogP contribution in [0.1, 0.15) is 60.5 Å². The first-order chi connectivity index (χ1) is 11.5. The van der Waals surface area contributed by atoms with E-state index >= 15 is 0 Å². The number of hydrogen-bond acceptors (Lipinski definition) is 6. The predicted octanol–water partition coefficient (Wildman–Crippen LogP) is 1.87. The molecule has 2 aromatic heterocycles. The third-order valence-electron chi connectivity index (χ3n) is 4.35. The van der Waals surface area contributed by atoms with Crippen LogP contribution in [-0.2, 0) is 0 Å². The van der Waals surface area contributed by atoms with Gasteiger partial charge in [0.15, 0.2) is 11.5 Å². The lowest BCUT2D eigenvalue weighted by Gasteiger charge is -2.32. The van der Waals surface area contributed by atoms with Crippen LogP contribution in [-0.4, -0.2) is 39.2 Å². The molecule has 7 heteroatoms. The van der Waals surface area contributed by atoms with Crippen LogP contribution in [0.3, 0.4) is 0 Å². The van der Waals surface area contributed by atoms with Crippen molar-refractivity contribution in [2.24, 2.45) is 5.73 Å². The standard InChI is InChI=1S/C17H22N6O/c1-11(2)17-19-8-5-13(20-17)12-6-9-23(10-7-12)15-4-3-14(16(18)24)21-22-15/h3-5,8,11-12H,6-7,9-10H2,1-2H3,(H2,18,24). The molecule has 0 aliphatic carbocycles. The summed E-state index contributed by atoms with van der Waals surface area (Å²) in [6, 6.07) is 5.44. The van der Waals surface area contributed by atoms with Crippen LogP contribution in [0.5, 0.6) is 0 Å². The van der Waals surface area contributed by atoms with Gasteiger partial charge in [-0.2, -0.15) is 0 Å². The minimum absolute atomic E-state index is 0.191. The summed E-state index contributed by atoms with van der Waals surface area (Å²) in [4.78, 5) is 22.3. The van der Waals surface area contributed by atoms with E-state index < -0.39 is 5.91 Å². The molecule has 3 rings (SSSR count). The Bertz CT molecular complexity index is 707. The Morgan fingerprint density at radius 1 is 1.21 bits per heavy atom. The average molecular weight is 326 g/mol. The van der Waals surface area contributed by atoms with Crippen LogP contribution in [0, 0.1) is 0 Å². The second-order valence-electron chi connectivity index (χ2n) is 6.40. The zero-order valence-electron chi connectivity index (χ0n) is 14.0. The smallest absolute Gasteiger partial charge is 0.269 e. The first-order valence-electron chi connectivity index (χ1n) is 8.26. The fourth-order valence-electron chi connectivity index (χ4n) is 2.92. The molecule has 1 fully saturated rings. The fourth-order valence-corrected chi connectivity index (χ4v) is 2.92. The van der Waals surface area contributed by atoms with Crippen LogP contribution >= 0.6 is 0 Å². The number of hydrogen-bond donors (Lipinski definition) is 1. The van der Waals surface area contributed by atoms with Crippen molar-refractivity contribution in [2.45, 2.75) is 38.5 Å². The molecule has 126 valence electrons. The van der Waals surface area contributed by atoms with E-state index in [2.05, 4.69) is 33.9 Å². The predicted molar refractivity (Wildman–Crippen MR) is 90.9 cm³/mol. The SMILES string of the molecule is CC(C)c1nccc(C2CCN(c3ccc(C(N)=O)nn3)CC2)n1. The summed E-state index contributed by atoms with van der Waals surface area (Å²) >= 11 is 0. The number of carbonyl (C=O) groups is 1. The Kier molecular flexibility index (Phi) is 4.69. The number of nitrogens with two attached hydrogens (primary N) is 1. The summed E-state index contributed by atoms with van der Waals surface area (Å²) in [7, 11) is 0. The summed E-state index contributed by atoms with van der Waals surface area (Å²) in [5.74, 6) is 1.91. The Balaban J connectivity index is 1.65. The van der Waals surface area contributed by atoms with Crippen LogP contribution < -0.4 is 10.6 Å². The molecule has 0 unspecified atom stereocenters. The highest BCUT2D eigenvalue weighted by molar-refractivity contribution is 5.90. The van der Waals surface area contributed by atoms with Crippen LogP contribution in [0.4, 0.5) is 5.82 Å². The Hall–Kier alpha value is -2.57. The number of amides is 1. The largest absolute Gasteiger partial charge is 0.364 e. The summed E-state index contributed by atoms with van der Waals surface area (Å²) in [6.07, 6.45) is 3.87. The molecule has 0 radical (unpaired) electrons. The quantitative estimate of drug-likeness (QED) is 0.921. The van der Waals surface area contributed by atoms with Crippen molar-refractivity contribution in [3.05, 3.63) is 41.6 Å². The van der Waals surface area contributed by atoms with Crippen molar-refractivity contribution in [1.82, 2.24) is 20.2 Å². The van der Waals surface area contributed by atoms with Gasteiger partial charge in [-0.1, -0.05) is 13.8 Å². The van der Waals surface area contributed by atoms with Crippen molar-refractivity contribution in [3.63, 3.8) is 0 Å². The van der Waals surface area contributed by atoms with Gasteiger partial charge < -0.3 is 10.6 Å². The van der Waals surface area contributed by atoms with Gasteiger partial charge >= 0.3 is 0 Å². The molecular formula is C17H22N6O. The van der Waals surface area contributed by atoms with Crippen LogP contribution in [0.15, 0.2) is 24.4 Å². The van der Waals surface area contributed by atoms with Crippen LogP contribution in [0.2, 0.25) is 0 Å². The lowest BCUT2D eigenvalue weighted by Crippen LogP contribution is -2.34. The minimum Gasteiger partial charge on any atom is -0.364 e. The maximum absolute atomic E-state index is 11.1. The molecule has 3 heterocycles. The van der Waals surface area contributed by atoms with E-state index in [1.807, 2.05) is 12.3 Å². The molecule has 1 aliphatic heterocycles. The number of rotatable bonds is 4. The Labute approximate surface area is 141 Å². The monoisotopic (exact) mass is 326 g/mol. The van der Waals surface area contributed by atoms with Crippen molar-refractivity contribution >= 4 is 11.7 Å². The van der Waals surface area contributed by atoms with E-state index in [9.17, 15) is 4.79 Å². The van der Waals surface area contributed by atoms with Crippen molar-refractivity contribution in [2.75, 3.05) is 18.0 Å². The minimum atomic E-state index is -0.558. The third-order valence-corrected chi connectivity index (χ3v) is 4.35. The number of primary amides is 1. The van der Waals surface area contributed by atoms with Gasteiger partial charge in [0.25, 0.3) is 5.91 Å². The third kappa shape index (κ3) is 3.50. The Morgan fingerprint density at radius 2 is 1.96 bits per heavy atom. The van der Waals surface area contributed by atoms with E-state index in [-0.39, 0.29) is 5.69 Å². The molecule has 0 saturated carbocycles. The zero-order chi connectivity index (χ0) is 17.1. The molecule has 2 N–H and O–H groups in total. The molecule has 1 aliphatic rings. The second kappa shape index (κ2) is 6.90. The second-order valence-corrected chi connectivity index (χ2v) is 6.40. The van der Waals surface area contributed by atoms with Gasteiger partial charge in [0.05, 0.1) is 0 Å². The molecule has 7 nitrogen and oxygen atoms in total. The summed E-state index contributed by atoms with van der Waals surface area (Å²) in [5, 5.41) is 7.98. The molecule has 1 saturated heterocycles. The van der Waals surface area contributed by atoms with Gasteiger partial charge in [0.2, 0.25) is 0 Å². The first-order valence-corrected chi connectivity index (χ1v) is 8.26. The van der Waals surface area contributed by atoms with Crippen molar-refractivity contribution < 1.29 is 4.79 Å². The first kappa shape index (κ1) is 16.3. The Morgan fingerprint density at radius 3 is 2.54 bits per heavy atom. The molecule has 24 heavy (non-hydrogen) atoms. The van der Waals surface area contributed by atoms with E-state index in [1.165, 1.54) is 0 Å². The molecule has 1 amide bonds. The van der Waals surface area contributed by atoms with E-state index in [0.717, 1.165) is 43.3 Å². The van der Waals surface area contributed by atoms with Crippen molar-refractivity contribution in [1.29, 1.82) is 0 Å². The summed E-state index contributed by atoms with van der Waals surface area (Å²) in [5.41, 5.74) is 6.51. The van der Waals surface area contributed by atoms with Gasteiger partial charge in [-0.15, -0.1) is 10.2 Å². The lowest BCUT2D eigenvalue weighted by atomic mass is 9.93. The van der Waals surface area contributed by atoms with Gasteiger partial charge in [-0.3, -0.25) is 4.79 Å². The van der Waals surface area contributed by atoms with Crippen molar-refractivity contribution in [3.8, 4) is 0 Å². The number of carbonyl (C=O) groups excluding carboxylic acids is 1. The molecule has 0 spiro atoms. The maximum Gasteiger partial charge on any atom is 0.269 e. The number of aromatic nitrogens is 4. The van der Waals surface area contributed by atoms with Gasteiger partial charge in [-0.05, 0) is 31.0 Å². The molecular weight excluding hydrogens is 304 g/mol. The maximum atomic E-state index is 11.1. The molecule has 0 aromatic carbocycles. The molecule has 0 atom stereocenters. The normalized spacial score (nSPS) is 15.7. The number of piperidine rings is 1. The lowest BCUT2D eigenvalue weighted by molar-refractivity contribution is 0.0994. The van der Waals surface area contributed by atoms with E-state index in [4.69, 9.17) is 10.7 Å². The van der Waals surface area contributed by atoms with Gasteiger partial charge in [-0.25, -0.2) is 9.97 Å². The van der Waals surface area contributed by atoms with Gasteiger partial charge in [0.1, 0.15) is 5.82 Å². The van der Waals surface area contributed by atoms with Gasteiger partial charge in [0, 0.05) is 36.8 Å². The highest BCUT2D eigenvalue weighted by Gasteiger charge is 2.23. The number of nitrogens with zero attached hydrogens (tertiary/aromatic N) is 5. The fraction of sp³-hybridized carbons (Fsp3) is 0.471. The zero-order valence-corrected chi connectivity index (χ0v) is 14.0. The average Bonchev–Trinajstić information content (AvgIpc) is 2.62. The topological polar surface area (TPSA) is 97.9 Å².